The lowest BCUT2D eigenvalue weighted by Crippen LogP contribution is -2.31. The van der Waals surface area contributed by atoms with Crippen molar-refractivity contribution in [3.8, 4) is 11.5 Å². The molecule has 0 fully saturated rings. The van der Waals surface area contributed by atoms with E-state index < -0.39 is 7.12 Å². The predicted molar refractivity (Wildman–Crippen MR) is 54.1 cm³/mol. The molecule has 2 N–H and O–H groups in total. The molecule has 1 aromatic rings. The summed E-state index contributed by atoms with van der Waals surface area (Å²) in [4.78, 5) is 0. The van der Waals surface area contributed by atoms with Gasteiger partial charge in [0.25, 0.3) is 0 Å². The summed E-state index contributed by atoms with van der Waals surface area (Å²) in [5.74, 6) is 0.851. The lowest BCUT2D eigenvalue weighted by Gasteiger charge is -2.13. The Hall–Kier alpha value is -1.20. The highest BCUT2D eigenvalue weighted by Crippen LogP contribution is 2.25. The van der Waals surface area contributed by atoms with Crippen molar-refractivity contribution in [2.45, 2.75) is 6.92 Å². The third kappa shape index (κ3) is 2.00. The number of aryl methyl sites for hydroxylation is 1. The molecule has 0 spiro atoms. The lowest BCUT2D eigenvalue weighted by molar-refractivity contribution is 0.353. The Morgan fingerprint density at radius 1 is 1.14 bits per heavy atom. The molecule has 0 heterocycles. The van der Waals surface area contributed by atoms with Gasteiger partial charge in [0.1, 0.15) is 0 Å². The summed E-state index contributed by atoms with van der Waals surface area (Å²) in [6, 6.07) is 3.41. The van der Waals surface area contributed by atoms with Gasteiger partial charge in [-0.3, -0.25) is 0 Å². The Morgan fingerprint density at radius 3 is 2.21 bits per heavy atom. The van der Waals surface area contributed by atoms with Gasteiger partial charge >= 0.3 is 7.12 Å². The van der Waals surface area contributed by atoms with E-state index in [-0.39, 0.29) is 0 Å². The second-order valence-electron chi connectivity index (χ2n) is 2.96. The summed E-state index contributed by atoms with van der Waals surface area (Å²) >= 11 is 0. The van der Waals surface area contributed by atoms with E-state index in [2.05, 4.69) is 0 Å². The molecule has 0 saturated heterocycles. The molecule has 0 amide bonds. The van der Waals surface area contributed by atoms with Crippen LogP contribution in [-0.4, -0.2) is 31.4 Å². The van der Waals surface area contributed by atoms with E-state index in [0.29, 0.717) is 17.0 Å². The fraction of sp³-hybridized carbons (Fsp3) is 0.333. The van der Waals surface area contributed by atoms with Gasteiger partial charge in [0.2, 0.25) is 0 Å². The minimum atomic E-state index is -1.56. The van der Waals surface area contributed by atoms with Gasteiger partial charge < -0.3 is 19.5 Å². The van der Waals surface area contributed by atoms with Gasteiger partial charge in [-0.25, -0.2) is 0 Å². The second kappa shape index (κ2) is 4.35. The normalized spacial score (nSPS) is 9.79. The van der Waals surface area contributed by atoms with Gasteiger partial charge in [0.15, 0.2) is 11.5 Å². The highest BCUT2D eigenvalue weighted by molar-refractivity contribution is 6.59. The molecular formula is C9H13BO4. The molecule has 0 aromatic heterocycles. The zero-order valence-corrected chi connectivity index (χ0v) is 8.44. The number of hydrogen-bond acceptors (Lipinski definition) is 4. The molecule has 0 bridgehead atoms. The van der Waals surface area contributed by atoms with Gasteiger partial charge in [-0.05, 0) is 18.6 Å². The van der Waals surface area contributed by atoms with E-state index in [1.54, 1.807) is 12.1 Å². The van der Waals surface area contributed by atoms with E-state index in [9.17, 15) is 0 Å². The molecule has 5 heteroatoms. The first-order valence-electron chi connectivity index (χ1n) is 4.18. The molecule has 1 rings (SSSR count). The van der Waals surface area contributed by atoms with Crippen molar-refractivity contribution < 1.29 is 19.5 Å². The topological polar surface area (TPSA) is 58.9 Å². The molecule has 0 unspecified atom stereocenters. The Kier molecular flexibility index (Phi) is 3.38. The van der Waals surface area contributed by atoms with Gasteiger partial charge in [0.05, 0.1) is 14.2 Å². The minimum absolute atomic E-state index is 0.310. The van der Waals surface area contributed by atoms with E-state index in [1.807, 2.05) is 6.92 Å². The molecule has 0 aliphatic carbocycles. The summed E-state index contributed by atoms with van der Waals surface area (Å²) in [6.45, 7) is 1.84. The Bertz CT molecular complexity index is 325. The third-order valence-electron chi connectivity index (χ3n) is 1.93. The average molecular weight is 196 g/mol. The Labute approximate surface area is 83.2 Å². The fourth-order valence-corrected chi connectivity index (χ4v) is 1.33. The zero-order valence-electron chi connectivity index (χ0n) is 8.44. The second-order valence-corrected chi connectivity index (χ2v) is 2.96. The van der Waals surface area contributed by atoms with Crippen molar-refractivity contribution in [2.75, 3.05) is 14.2 Å². The van der Waals surface area contributed by atoms with Crippen molar-refractivity contribution in [3.05, 3.63) is 17.7 Å². The highest BCUT2D eigenvalue weighted by Gasteiger charge is 2.20. The summed E-state index contributed by atoms with van der Waals surface area (Å²) < 4.78 is 10.1. The summed E-state index contributed by atoms with van der Waals surface area (Å²) in [6.07, 6.45) is 0. The predicted octanol–water partition coefficient (Wildman–Crippen LogP) is -0.308. The van der Waals surface area contributed by atoms with Crippen molar-refractivity contribution >= 4 is 12.6 Å². The molecule has 4 nitrogen and oxygen atoms in total. The Morgan fingerprint density at radius 2 is 1.79 bits per heavy atom. The number of hydrogen-bond donors (Lipinski definition) is 2. The number of methoxy groups -OCH3 is 2. The van der Waals surface area contributed by atoms with Crippen LogP contribution in [0, 0.1) is 6.92 Å². The maximum atomic E-state index is 9.10. The van der Waals surface area contributed by atoms with Crippen LogP contribution >= 0.6 is 0 Å². The minimum Gasteiger partial charge on any atom is -0.493 e. The molecule has 76 valence electrons. The largest absolute Gasteiger partial charge is 0.493 e. The average Bonchev–Trinajstić information content (AvgIpc) is 2.16. The maximum absolute atomic E-state index is 9.10. The maximum Gasteiger partial charge on any atom is 0.492 e. The van der Waals surface area contributed by atoms with E-state index in [0.717, 1.165) is 5.56 Å². The highest BCUT2D eigenvalue weighted by atomic mass is 16.5. The summed E-state index contributed by atoms with van der Waals surface area (Å²) in [7, 11) is 1.41. The first kappa shape index (κ1) is 10.9. The SMILES string of the molecule is COc1cc(C)cc(B(O)O)c1OC. The monoisotopic (exact) mass is 196 g/mol. The van der Waals surface area contributed by atoms with Crippen LogP contribution in [0.15, 0.2) is 12.1 Å². The molecule has 0 saturated carbocycles. The molecule has 1 aromatic carbocycles. The number of ether oxygens (including phenoxy) is 2. The van der Waals surface area contributed by atoms with Crippen LogP contribution < -0.4 is 14.9 Å². The molecule has 0 aliphatic rings. The quantitative estimate of drug-likeness (QED) is 0.651. The van der Waals surface area contributed by atoms with Crippen LogP contribution in [0.2, 0.25) is 0 Å². The van der Waals surface area contributed by atoms with Gasteiger partial charge in [0, 0.05) is 5.46 Å². The lowest BCUT2D eigenvalue weighted by atomic mass is 9.78. The van der Waals surface area contributed by atoms with Crippen LogP contribution in [0.25, 0.3) is 0 Å². The molecule has 0 aliphatic heterocycles. The first-order chi connectivity index (χ1) is 6.60. The van der Waals surface area contributed by atoms with Crippen molar-refractivity contribution in [1.82, 2.24) is 0 Å². The summed E-state index contributed by atoms with van der Waals surface area (Å²) in [5.41, 5.74) is 1.19. The van der Waals surface area contributed by atoms with E-state index in [4.69, 9.17) is 19.5 Å². The number of rotatable bonds is 3. The van der Waals surface area contributed by atoms with Crippen LogP contribution in [0.1, 0.15) is 5.56 Å². The summed E-state index contributed by atoms with van der Waals surface area (Å²) in [5, 5.41) is 18.2. The third-order valence-corrected chi connectivity index (χ3v) is 1.93. The van der Waals surface area contributed by atoms with Crippen LogP contribution in [0.4, 0.5) is 0 Å². The van der Waals surface area contributed by atoms with Gasteiger partial charge in [-0.1, -0.05) is 6.07 Å². The van der Waals surface area contributed by atoms with Crippen molar-refractivity contribution in [3.63, 3.8) is 0 Å². The van der Waals surface area contributed by atoms with Crippen LogP contribution in [0.5, 0.6) is 11.5 Å². The molecular weight excluding hydrogens is 183 g/mol. The number of benzene rings is 1. The van der Waals surface area contributed by atoms with Gasteiger partial charge in [-0.2, -0.15) is 0 Å². The van der Waals surface area contributed by atoms with Gasteiger partial charge in [-0.15, -0.1) is 0 Å². The van der Waals surface area contributed by atoms with Crippen LogP contribution in [0.3, 0.4) is 0 Å². The Balaban J connectivity index is 3.31. The molecule has 0 atom stereocenters. The van der Waals surface area contributed by atoms with Crippen molar-refractivity contribution in [1.29, 1.82) is 0 Å². The first-order valence-corrected chi connectivity index (χ1v) is 4.18. The fourth-order valence-electron chi connectivity index (χ4n) is 1.33. The van der Waals surface area contributed by atoms with Crippen LogP contribution in [-0.2, 0) is 0 Å². The smallest absolute Gasteiger partial charge is 0.492 e. The standard InChI is InChI=1S/C9H13BO4/c1-6-4-7(10(11)12)9(14-3)8(5-6)13-2/h4-5,11-12H,1-3H3. The molecule has 14 heavy (non-hydrogen) atoms. The molecule has 0 radical (unpaired) electrons. The zero-order chi connectivity index (χ0) is 10.7. The van der Waals surface area contributed by atoms with E-state index in [1.165, 1.54) is 14.2 Å². The van der Waals surface area contributed by atoms with Crippen molar-refractivity contribution in [2.24, 2.45) is 0 Å². The van der Waals surface area contributed by atoms with E-state index >= 15 is 0 Å².